The van der Waals surface area contributed by atoms with Crippen molar-refractivity contribution in [1.29, 1.82) is 0 Å². The molecule has 0 N–H and O–H groups in total. The normalized spacial score (nSPS) is 14.7. The topological polar surface area (TPSA) is 0 Å². The standard InChI is InChI=1S/C13H9.C9H7.3HI.Zr/c1-3-7-12-10(5-1)9-11-6-2-4-8-13(11)12;1-2-5-9-7-3-6-8(9)4-1;;;;/h1-5,7-8H,9H2;1-7H;3*1H;/q;;;;;+3/p-3. The molecule has 5 rings (SSSR count). The Bertz CT molecular complexity index is 950. The third kappa shape index (κ3) is 4.08. The molecule has 0 radical (unpaired) electrons. The molecular weight excluding hydrogens is 736 g/mol. The fraction of sp³-hybridized carbons (Fsp3) is 0.0909. The Balaban J connectivity index is 0.000000810. The summed E-state index contributed by atoms with van der Waals surface area (Å²) in [4.78, 5) is 0. The molecule has 0 aliphatic heterocycles. The second kappa shape index (κ2) is 9.79. The maximum Gasteiger partial charge on any atom is -1.00 e. The zero-order chi connectivity index (χ0) is 15.2. The van der Waals surface area contributed by atoms with Crippen molar-refractivity contribution in [3.05, 3.63) is 95.1 Å². The Kier molecular flexibility index (Phi) is 8.57. The first-order valence-electron chi connectivity index (χ1n) is 8.14. The molecule has 0 amide bonds. The van der Waals surface area contributed by atoms with Crippen molar-refractivity contribution >= 4 is 9.35 Å². The summed E-state index contributed by atoms with van der Waals surface area (Å²) in [6.45, 7) is 0. The Morgan fingerprint density at radius 1 is 0.731 bits per heavy atom. The van der Waals surface area contributed by atoms with Crippen molar-refractivity contribution in [3.8, 4) is 11.1 Å². The number of hydrogen-bond donors (Lipinski definition) is 0. The summed E-state index contributed by atoms with van der Waals surface area (Å²) >= 11 is -0.696. The first-order chi connectivity index (χ1) is 11.4. The van der Waals surface area contributed by atoms with Gasteiger partial charge in [0.05, 0.1) is 0 Å². The van der Waals surface area contributed by atoms with E-state index in [1.165, 1.54) is 22.3 Å². The van der Waals surface area contributed by atoms with Crippen LogP contribution in [-0.4, -0.2) is 0 Å². The van der Waals surface area contributed by atoms with Crippen LogP contribution in [0.2, 0.25) is 0 Å². The van der Waals surface area contributed by atoms with Crippen LogP contribution in [0.3, 0.4) is 0 Å². The molecule has 0 nitrogen and oxygen atoms in total. The molecule has 1 atom stereocenters. The van der Waals surface area contributed by atoms with Gasteiger partial charge in [-0.1, -0.05) is 0 Å². The largest absolute Gasteiger partial charge is 1.00 e. The molecule has 26 heavy (non-hydrogen) atoms. The first-order valence-corrected chi connectivity index (χ1v) is 10.8. The van der Waals surface area contributed by atoms with Crippen LogP contribution in [0.4, 0.5) is 0 Å². The fourth-order valence-corrected chi connectivity index (χ4v) is 7.61. The average molecular weight is 752 g/mol. The van der Waals surface area contributed by atoms with E-state index in [0.29, 0.717) is 3.63 Å². The maximum absolute atomic E-state index is 2.44. The van der Waals surface area contributed by atoms with Crippen molar-refractivity contribution in [2.75, 3.05) is 0 Å². The summed E-state index contributed by atoms with van der Waals surface area (Å²) in [7, 11) is 0. The number of halogens is 3. The minimum atomic E-state index is -0.696. The van der Waals surface area contributed by atoms with Gasteiger partial charge in [-0.2, -0.15) is 0 Å². The third-order valence-electron chi connectivity index (χ3n) is 4.96. The Hall–Kier alpha value is 0.473. The van der Waals surface area contributed by atoms with E-state index in [4.69, 9.17) is 0 Å². The quantitative estimate of drug-likeness (QED) is 0.183. The number of allylic oxidation sites excluding steroid dienone is 1. The molecule has 129 valence electrons. The smallest absolute Gasteiger partial charge is 1.00 e. The number of rotatable bonds is 2. The Labute approximate surface area is 217 Å². The zero-order valence-corrected chi connectivity index (χ0v) is 22.9. The molecule has 0 aromatic heterocycles. The van der Waals surface area contributed by atoms with Crippen LogP contribution >= 0.6 is 0 Å². The van der Waals surface area contributed by atoms with Gasteiger partial charge >= 0.3 is 149 Å². The molecule has 0 saturated heterocycles. The molecule has 0 bridgehead atoms. The number of hydrogen-bond acceptors (Lipinski definition) is 0. The SMILES string of the molecule is C1=C[CH]([Zr+3][c]2cccc3c2Cc2ccccc2-3)c2ccccc21.[I-].[I-].[I-]. The summed E-state index contributed by atoms with van der Waals surface area (Å²) in [5, 5.41) is 0. The first kappa shape index (κ1) is 22.8. The van der Waals surface area contributed by atoms with Crippen molar-refractivity contribution in [2.45, 2.75) is 10.0 Å². The molecule has 0 saturated carbocycles. The monoisotopic (exact) mass is 751 g/mol. The van der Waals surface area contributed by atoms with Gasteiger partial charge in [-0.15, -0.1) is 0 Å². The van der Waals surface area contributed by atoms with Gasteiger partial charge < -0.3 is 71.9 Å². The van der Waals surface area contributed by atoms with E-state index in [0.717, 1.165) is 6.42 Å². The van der Waals surface area contributed by atoms with Gasteiger partial charge in [0.2, 0.25) is 0 Å². The van der Waals surface area contributed by atoms with Gasteiger partial charge in [0, 0.05) is 0 Å². The van der Waals surface area contributed by atoms with E-state index in [-0.39, 0.29) is 71.9 Å². The summed E-state index contributed by atoms with van der Waals surface area (Å²) < 4.78 is 2.36. The minimum Gasteiger partial charge on any atom is -1.00 e. The second-order valence-electron chi connectivity index (χ2n) is 6.28. The van der Waals surface area contributed by atoms with E-state index in [1.54, 1.807) is 14.4 Å². The summed E-state index contributed by atoms with van der Waals surface area (Å²) in [6, 6.07) is 24.8. The van der Waals surface area contributed by atoms with Crippen LogP contribution < -0.4 is 75.2 Å². The molecule has 4 heteroatoms. The average Bonchev–Trinajstić information content (AvgIpc) is 3.17. The van der Waals surface area contributed by atoms with E-state index in [2.05, 4.69) is 78.9 Å². The van der Waals surface area contributed by atoms with E-state index < -0.39 is 23.2 Å². The van der Waals surface area contributed by atoms with E-state index in [9.17, 15) is 0 Å². The molecule has 3 aromatic rings. The van der Waals surface area contributed by atoms with Crippen LogP contribution in [0.5, 0.6) is 0 Å². The molecule has 2 aliphatic carbocycles. The predicted molar refractivity (Wildman–Crippen MR) is 92.5 cm³/mol. The molecule has 0 heterocycles. The maximum atomic E-state index is 2.44. The van der Waals surface area contributed by atoms with Crippen LogP contribution in [-0.2, 0) is 29.7 Å². The van der Waals surface area contributed by atoms with E-state index in [1.807, 2.05) is 0 Å². The van der Waals surface area contributed by atoms with Crippen molar-refractivity contribution < 1.29 is 95.2 Å². The molecule has 3 aromatic carbocycles. The Morgan fingerprint density at radius 2 is 1.46 bits per heavy atom. The van der Waals surface area contributed by atoms with Gasteiger partial charge in [0.15, 0.2) is 0 Å². The summed E-state index contributed by atoms with van der Waals surface area (Å²) in [6.07, 6.45) is 5.89. The zero-order valence-electron chi connectivity index (χ0n) is 13.9. The summed E-state index contributed by atoms with van der Waals surface area (Å²) in [5.41, 5.74) is 9.01. The molecule has 1 unspecified atom stereocenters. The van der Waals surface area contributed by atoms with Gasteiger partial charge in [-0.25, -0.2) is 0 Å². The third-order valence-corrected chi connectivity index (χ3v) is 8.88. The van der Waals surface area contributed by atoms with Gasteiger partial charge in [0.1, 0.15) is 0 Å². The second-order valence-corrected chi connectivity index (χ2v) is 9.84. The fourth-order valence-electron chi connectivity index (χ4n) is 3.84. The van der Waals surface area contributed by atoms with Crippen LogP contribution in [0.25, 0.3) is 17.2 Å². The van der Waals surface area contributed by atoms with Crippen molar-refractivity contribution in [2.24, 2.45) is 0 Å². The van der Waals surface area contributed by atoms with Crippen LogP contribution in [0, 0.1) is 0 Å². The Morgan fingerprint density at radius 3 is 2.35 bits per heavy atom. The van der Waals surface area contributed by atoms with Crippen molar-refractivity contribution in [1.82, 2.24) is 0 Å². The predicted octanol–water partition coefficient (Wildman–Crippen LogP) is -4.25. The van der Waals surface area contributed by atoms with E-state index >= 15 is 0 Å². The molecule has 0 fully saturated rings. The van der Waals surface area contributed by atoms with Gasteiger partial charge in [-0.05, 0) is 0 Å². The number of benzene rings is 3. The van der Waals surface area contributed by atoms with Crippen LogP contribution in [0.15, 0.2) is 72.8 Å². The van der Waals surface area contributed by atoms with Crippen molar-refractivity contribution in [3.63, 3.8) is 0 Å². The molecular formula is C22H16I3Zr. The molecule has 0 spiro atoms. The van der Waals surface area contributed by atoms with Crippen LogP contribution in [0.1, 0.15) is 25.9 Å². The number of fused-ring (bicyclic) bond motifs is 4. The molecule has 2 aliphatic rings. The minimum absolute atomic E-state index is 0. The van der Waals surface area contributed by atoms with Gasteiger partial charge in [-0.3, -0.25) is 0 Å². The van der Waals surface area contributed by atoms with Gasteiger partial charge in [0.25, 0.3) is 0 Å². The summed E-state index contributed by atoms with van der Waals surface area (Å²) in [5.74, 6) is 0.